The molecule has 2 rings (SSSR count). The van der Waals surface area contributed by atoms with Gasteiger partial charge in [-0.2, -0.15) is 0 Å². The van der Waals surface area contributed by atoms with Gasteiger partial charge in [-0.05, 0) is 44.0 Å². The van der Waals surface area contributed by atoms with Crippen LogP contribution in [0.25, 0.3) is 0 Å². The molecule has 2 aromatic rings. The van der Waals surface area contributed by atoms with Gasteiger partial charge in [0.1, 0.15) is 0 Å². The Bertz CT molecular complexity index is 585. The molecule has 98 valence electrons. The number of rotatable bonds is 3. The Morgan fingerprint density at radius 1 is 0.947 bits per heavy atom. The van der Waals surface area contributed by atoms with E-state index >= 15 is 0 Å². The first-order valence-corrected chi connectivity index (χ1v) is 6.47. The van der Waals surface area contributed by atoms with Crippen molar-refractivity contribution in [2.24, 2.45) is 0 Å². The van der Waals surface area contributed by atoms with Gasteiger partial charge in [-0.15, -0.1) is 0 Å². The van der Waals surface area contributed by atoms with Crippen molar-refractivity contribution < 1.29 is 4.79 Å². The zero-order valence-corrected chi connectivity index (χ0v) is 11.7. The van der Waals surface area contributed by atoms with Crippen molar-refractivity contribution >= 4 is 11.6 Å². The minimum atomic E-state index is 0.0255. The van der Waals surface area contributed by atoms with Gasteiger partial charge in [0, 0.05) is 5.69 Å². The minimum Gasteiger partial charge on any atom is -0.326 e. The molecule has 0 aliphatic rings. The molecular formula is C17H19NO. The van der Waals surface area contributed by atoms with E-state index in [9.17, 15) is 4.79 Å². The molecule has 0 saturated heterocycles. The van der Waals surface area contributed by atoms with E-state index in [1.165, 1.54) is 11.1 Å². The lowest BCUT2D eigenvalue weighted by Crippen LogP contribution is -2.15. The Kier molecular flexibility index (Phi) is 4.00. The molecule has 0 saturated carbocycles. The Morgan fingerprint density at radius 2 is 1.58 bits per heavy atom. The summed E-state index contributed by atoms with van der Waals surface area (Å²) in [7, 11) is 0. The highest BCUT2D eigenvalue weighted by Crippen LogP contribution is 2.13. The number of hydrogen-bond donors (Lipinski definition) is 1. The number of amides is 1. The molecule has 2 aromatic carbocycles. The SMILES string of the molecule is Cc1ccc(NC(=O)Cc2cc(C)ccc2C)cc1. The summed E-state index contributed by atoms with van der Waals surface area (Å²) in [5, 5.41) is 2.93. The number of aryl methyl sites for hydroxylation is 3. The van der Waals surface area contributed by atoms with Gasteiger partial charge in [0.05, 0.1) is 6.42 Å². The van der Waals surface area contributed by atoms with Gasteiger partial charge in [0.25, 0.3) is 0 Å². The van der Waals surface area contributed by atoms with E-state index in [4.69, 9.17) is 0 Å². The molecular weight excluding hydrogens is 234 g/mol. The van der Waals surface area contributed by atoms with Gasteiger partial charge in [-0.3, -0.25) is 4.79 Å². The second-order valence-corrected chi connectivity index (χ2v) is 5.02. The first-order chi connectivity index (χ1) is 9.04. The molecule has 0 spiro atoms. The number of carbonyl (C=O) groups is 1. The van der Waals surface area contributed by atoms with E-state index in [0.717, 1.165) is 16.8 Å². The highest BCUT2D eigenvalue weighted by atomic mass is 16.1. The van der Waals surface area contributed by atoms with Crippen molar-refractivity contribution in [3.63, 3.8) is 0 Å². The fourth-order valence-electron chi connectivity index (χ4n) is 2.01. The van der Waals surface area contributed by atoms with Crippen LogP contribution in [0.4, 0.5) is 5.69 Å². The minimum absolute atomic E-state index is 0.0255. The summed E-state index contributed by atoms with van der Waals surface area (Å²) in [6.07, 6.45) is 0.418. The third-order valence-electron chi connectivity index (χ3n) is 3.19. The molecule has 0 heterocycles. The van der Waals surface area contributed by atoms with Crippen LogP contribution in [0, 0.1) is 20.8 Å². The Hall–Kier alpha value is -2.09. The van der Waals surface area contributed by atoms with Gasteiger partial charge < -0.3 is 5.32 Å². The molecule has 19 heavy (non-hydrogen) atoms. The Labute approximate surface area is 114 Å². The summed E-state index contributed by atoms with van der Waals surface area (Å²) in [5.74, 6) is 0.0255. The van der Waals surface area contributed by atoms with Gasteiger partial charge in [-0.25, -0.2) is 0 Å². The number of carbonyl (C=O) groups excluding carboxylic acids is 1. The average Bonchev–Trinajstić information content (AvgIpc) is 2.37. The molecule has 0 bridgehead atoms. The quantitative estimate of drug-likeness (QED) is 0.885. The standard InChI is InChI=1S/C17H19NO/c1-12-5-8-16(9-6-12)18-17(19)11-15-10-13(2)4-7-14(15)3/h4-10H,11H2,1-3H3,(H,18,19). The first kappa shape index (κ1) is 13.3. The number of anilines is 1. The molecule has 2 heteroatoms. The fraction of sp³-hybridized carbons (Fsp3) is 0.235. The van der Waals surface area contributed by atoms with Gasteiger partial charge >= 0.3 is 0 Å². The van der Waals surface area contributed by atoms with Crippen LogP contribution in [0.3, 0.4) is 0 Å². The van der Waals surface area contributed by atoms with Crippen molar-refractivity contribution in [1.82, 2.24) is 0 Å². The summed E-state index contributed by atoms with van der Waals surface area (Å²) in [5.41, 5.74) is 5.46. The molecule has 0 unspecified atom stereocenters. The van der Waals surface area contributed by atoms with E-state index in [2.05, 4.69) is 23.5 Å². The van der Waals surface area contributed by atoms with Crippen LogP contribution in [0.5, 0.6) is 0 Å². The lowest BCUT2D eigenvalue weighted by atomic mass is 10.0. The predicted octanol–water partition coefficient (Wildman–Crippen LogP) is 3.79. The van der Waals surface area contributed by atoms with Crippen molar-refractivity contribution in [1.29, 1.82) is 0 Å². The smallest absolute Gasteiger partial charge is 0.228 e. The summed E-state index contributed by atoms with van der Waals surface area (Å²) < 4.78 is 0. The monoisotopic (exact) mass is 253 g/mol. The van der Waals surface area contributed by atoms with E-state index in [1.54, 1.807) is 0 Å². The van der Waals surface area contributed by atoms with Crippen molar-refractivity contribution in [2.75, 3.05) is 5.32 Å². The average molecular weight is 253 g/mol. The van der Waals surface area contributed by atoms with Crippen molar-refractivity contribution in [3.8, 4) is 0 Å². The molecule has 0 aliphatic carbocycles. The van der Waals surface area contributed by atoms with Crippen LogP contribution >= 0.6 is 0 Å². The summed E-state index contributed by atoms with van der Waals surface area (Å²) in [6.45, 7) is 6.11. The van der Waals surface area contributed by atoms with Crippen molar-refractivity contribution in [2.45, 2.75) is 27.2 Å². The highest BCUT2D eigenvalue weighted by molar-refractivity contribution is 5.92. The van der Waals surface area contributed by atoms with E-state index < -0.39 is 0 Å². The van der Waals surface area contributed by atoms with Crippen LogP contribution in [0.2, 0.25) is 0 Å². The summed E-state index contributed by atoms with van der Waals surface area (Å²) in [4.78, 5) is 12.0. The number of benzene rings is 2. The number of hydrogen-bond acceptors (Lipinski definition) is 1. The molecule has 0 radical (unpaired) electrons. The largest absolute Gasteiger partial charge is 0.326 e. The normalized spacial score (nSPS) is 10.3. The van der Waals surface area contributed by atoms with Crippen LogP contribution in [0.15, 0.2) is 42.5 Å². The van der Waals surface area contributed by atoms with Gasteiger partial charge in [0.2, 0.25) is 5.91 Å². The molecule has 0 atom stereocenters. The van der Waals surface area contributed by atoms with Crippen LogP contribution in [-0.2, 0) is 11.2 Å². The topological polar surface area (TPSA) is 29.1 Å². The van der Waals surface area contributed by atoms with Crippen LogP contribution in [-0.4, -0.2) is 5.91 Å². The summed E-state index contributed by atoms with van der Waals surface area (Å²) >= 11 is 0. The Balaban J connectivity index is 2.05. The maximum Gasteiger partial charge on any atom is 0.228 e. The van der Waals surface area contributed by atoms with Gasteiger partial charge in [-0.1, -0.05) is 41.5 Å². The maximum atomic E-state index is 12.0. The third kappa shape index (κ3) is 3.68. The first-order valence-electron chi connectivity index (χ1n) is 6.47. The van der Waals surface area contributed by atoms with Crippen LogP contribution in [0.1, 0.15) is 22.3 Å². The molecule has 2 nitrogen and oxygen atoms in total. The van der Waals surface area contributed by atoms with Crippen LogP contribution < -0.4 is 5.32 Å². The van der Waals surface area contributed by atoms with E-state index in [-0.39, 0.29) is 5.91 Å². The predicted molar refractivity (Wildman–Crippen MR) is 79.4 cm³/mol. The highest BCUT2D eigenvalue weighted by Gasteiger charge is 2.06. The lowest BCUT2D eigenvalue weighted by molar-refractivity contribution is -0.115. The lowest BCUT2D eigenvalue weighted by Gasteiger charge is -2.08. The maximum absolute atomic E-state index is 12.0. The molecule has 0 aromatic heterocycles. The molecule has 1 N–H and O–H groups in total. The fourth-order valence-corrected chi connectivity index (χ4v) is 2.01. The molecule has 0 aliphatic heterocycles. The second kappa shape index (κ2) is 5.70. The number of nitrogens with one attached hydrogen (secondary N) is 1. The van der Waals surface area contributed by atoms with Gasteiger partial charge in [0.15, 0.2) is 0 Å². The Morgan fingerprint density at radius 3 is 2.26 bits per heavy atom. The second-order valence-electron chi connectivity index (χ2n) is 5.02. The van der Waals surface area contributed by atoms with E-state index in [1.807, 2.05) is 45.0 Å². The zero-order chi connectivity index (χ0) is 13.8. The molecule has 0 fully saturated rings. The third-order valence-corrected chi connectivity index (χ3v) is 3.19. The summed E-state index contributed by atoms with van der Waals surface area (Å²) in [6, 6.07) is 14.0. The van der Waals surface area contributed by atoms with Crippen molar-refractivity contribution in [3.05, 3.63) is 64.7 Å². The zero-order valence-electron chi connectivity index (χ0n) is 11.7. The van der Waals surface area contributed by atoms with E-state index in [0.29, 0.717) is 6.42 Å². The molecule has 1 amide bonds.